The van der Waals surface area contributed by atoms with E-state index in [0.717, 1.165) is 18.2 Å². The first-order valence-corrected chi connectivity index (χ1v) is 9.60. The number of ether oxygens (including phenoxy) is 3. The van der Waals surface area contributed by atoms with E-state index < -0.39 is 36.8 Å². The summed E-state index contributed by atoms with van der Waals surface area (Å²) in [5, 5.41) is 10.8. The molecule has 1 rings (SSSR count). The van der Waals surface area contributed by atoms with E-state index in [2.05, 4.69) is 19.7 Å². The first kappa shape index (κ1) is 26.4. The number of carbonyl (C=O) groups excluding carboxylic acids is 3. The van der Waals surface area contributed by atoms with Crippen molar-refractivity contribution in [1.29, 1.82) is 0 Å². The Labute approximate surface area is 181 Å². The first-order valence-electron chi connectivity index (χ1n) is 9.60. The van der Waals surface area contributed by atoms with Crippen LogP contribution in [0, 0.1) is 0 Å². The number of aliphatic hydroxyl groups excluding tert-OH is 1. The lowest BCUT2D eigenvalue weighted by Gasteiger charge is -2.53. The van der Waals surface area contributed by atoms with Crippen molar-refractivity contribution in [3.8, 4) is 0 Å². The molecule has 0 spiro atoms. The number of nitrogens with two attached hydrogens (primary N) is 2. The van der Waals surface area contributed by atoms with Crippen LogP contribution < -0.4 is 11.5 Å². The summed E-state index contributed by atoms with van der Waals surface area (Å²) in [4.78, 5) is 38.4. The van der Waals surface area contributed by atoms with Crippen molar-refractivity contribution >= 4 is 17.9 Å². The average molecular weight is 441 g/mol. The van der Waals surface area contributed by atoms with Gasteiger partial charge in [0.05, 0.1) is 6.61 Å². The smallest absolute Gasteiger partial charge is 0.330 e. The summed E-state index contributed by atoms with van der Waals surface area (Å²) in [7, 11) is 0. The van der Waals surface area contributed by atoms with Gasteiger partial charge in [-0.2, -0.15) is 0 Å². The SMILES string of the molecule is C=CC(=O)OCCCN1C(N)N(CCOC(=O)C=C)C(O)N(CCOC(=O)C=C)C1N. The molecule has 1 aliphatic heterocycles. The minimum absolute atomic E-state index is 0.0467. The van der Waals surface area contributed by atoms with Crippen LogP contribution in [0.3, 0.4) is 0 Å². The summed E-state index contributed by atoms with van der Waals surface area (Å²) >= 11 is 0. The molecule has 0 aromatic rings. The van der Waals surface area contributed by atoms with Crippen molar-refractivity contribution in [2.45, 2.75) is 25.4 Å². The molecule has 5 N–H and O–H groups in total. The normalized spacial score (nSPS) is 22.4. The van der Waals surface area contributed by atoms with Gasteiger partial charge < -0.3 is 30.8 Å². The van der Waals surface area contributed by atoms with Crippen molar-refractivity contribution in [2.75, 3.05) is 39.5 Å². The fourth-order valence-electron chi connectivity index (χ4n) is 2.86. The van der Waals surface area contributed by atoms with Gasteiger partial charge in [-0.1, -0.05) is 19.7 Å². The van der Waals surface area contributed by atoms with Crippen LogP contribution in [-0.2, 0) is 28.6 Å². The molecule has 0 bridgehead atoms. The Morgan fingerprint density at radius 3 is 1.52 bits per heavy atom. The van der Waals surface area contributed by atoms with Crippen molar-refractivity contribution in [3.05, 3.63) is 38.0 Å². The Balaban J connectivity index is 2.83. The van der Waals surface area contributed by atoms with Gasteiger partial charge in [-0.05, 0) is 6.42 Å². The largest absolute Gasteiger partial charge is 0.462 e. The van der Waals surface area contributed by atoms with E-state index in [0.29, 0.717) is 13.0 Å². The van der Waals surface area contributed by atoms with Gasteiger partial charge in [0.25, 0.3) is 0 Å². The Kier molecular flexibility index (Phi) is 11.6. The molecule has 0 saturated carbocycles. The minimum atomic E-state index is -1.23. The number of nitrogens with zero attached hydrogens (tertiary/aromatic N) is 3. The highest BCUT2D eigenvalue weighted by Gasteiger charge is 2.42. The van der Waals surface area contributed by atoms with Crippen LogP contribution in [0.4, 0.5) is 0 Å². The van der Waals surface area contributed by atoms with E-state index in [1.807, 2.05) is 0 Å². The maximum atomic E-state index is 11.3. The molecule has 0 amide bonds. The fraction of sp³-hybridized carbons (Fsp3) is 0.526. The van der Waals surface area contributed by atoms with Crippen molar-refractivity contribution in [3.63, 3.8) is 0 Å². The summed E-state index contributed by atoms with van der Waals surface area (Å²) in [5.74, 6) is -1.75. The molecule has 0 radical (unpaired) electrons. The fourth-order valence-corrected chi connectivity index (χ4v) is 2.86. The molecule has 12 nitrogen and oxygen atoms in total. The van der Waals surface area contributed by atoms with Gasteiger partial charge in [-0.25, -0.2) is 29.1 Å². The zero-order chi connectivity index (χ0) is 23.4. The number of esters is 3. The van der Waals surface area contributed by atoms with E-state index in [9.17, 15) is 19.5 Å². The van der Waals surface area contributed by atoms with Gasteiger partial charge in [-0.3, -0.25) is 0 Å². The van der Waals surface area contributed by atoms with Gasteiger partial charge in [0.1, 0.15) is 25.8 Å². The molecular formula is C19H31N5O7. The average Bonchev–Trinajstić information content (AvgIpc) is 2.76. The van der Waals surface area contributed by atoms with Gasteiger partial charge in [0.15, 0.2) is 6.35 Å². The second-order valence-corrected chi connectivity index (χ2v) is 6.36. The predicted octanol–water partition coefficient (Wildman–Crippen LogP) is -1.76. The molecule has 2 atom stereocenters. The zero-order valence-corrected chi connectivity index (χ0v) is 17.4. The maximum Gasteiger partial charge on any atom is 0.330 e. The number of aliphatic hydroxyl groups is 1. The lowest BCUT2D eigenvalue weighted by Crippen LogP contribution is -2.76. The molecule has 174 valence electrons. The van der Waals surface area contributed by atoms with Crippen LogP contribution in [0.25, 0.3) is 0 Å². The van der Waals surface area contributed by atoms with Gasteiger partial charge in [0, 0.05) is 37.9 Å². The Hall–Kier alpha value is -2.61. The summed E-state index contributed by atoms with van der Waals surface area (Å²) in [6.45, 7) is 10.5. The molecule has 0 aliphatic carbocycles. The molecule has 2 unspecified atom stereocenters. The Morgan fingerprint density at radius 1 is 0.742 bits per heavy atom. The molecule has 12 heteroatoms. The van der Waals surface area contributed by atoms with Gasteiger partial charge in [-0.15, -0.1) is 0 Å². The highest BCUT2D eigenvalue weighted by Crippen LogP contribution is 2.20. The molecule has 31 heavy (non-hydrogen) atoms. The maximum absolute atomic E-state index is 11.3. The summed E-state index contributed by atoms with van der Waals surface area (Å²) in [5.41, 5.74) is 12.6. The summed E-state index contributed by atoms with van der Waals surface area (Å²) in [6.07, 6.45) is 0.649. The number of hydrogen-bond donors (Lipinski definition) is 3. The van der Waals surface area contributed by atoms with Crippen LogP contribution in [0.5, 0.6) is 0 Å². The third-order valence-electron chi connectivity index (χ3n) is 4.45. The van der Waals surface area contributed by atoms with Crippen molar-refractivity contribution < 1.29 is 33.7 Å². The number of carbonyl (C=O) groups is 3. The Morgan fingerprint density at radius 2 is 1.13 bits per heavy atom. The second-order valence-electron chi connectivity index (χ2n) is 6.36. The van der Waals surface area contributed by atoms with E-state index in [1.54, 1.807) is 4.90 Å². The van der Waals surface area contributed by atoms with Crippen LogP contribution in [-0.4, -0.2) is 96.1 Å². The molecule has 1 saturated heterocycles. The third-order valence-corrected chi connectivity index (χ3v) is 4.45. The second kappa shape index (κ2) is 13.6. The minimum Gasteiger partial charge on any atom is -0.462 e. The lowest BCUT2D eigenvalue weighted by molar-refractivity contribution is -0.248. The van der Waals surface area contributed by atoms with E-state index in [4.69, 9.17) is 25.7 Å². The topological polar surface area (TPSA) is 161 Å². The van der Waals surface area contributed by atoms with Gasteiger partial charge in [0.2, 0.25) is 0 Å². The standard InChI is InChI=1S/C19H31N5O7/c1-4-14(25)29-11-7-8-22-17(20)23(9-12-30-15(26)5-2)19(28)24(18(22)21)10-13-31-16(27)6-3/h4-6,17-19,28H,1-3,7-13,20-21H2. The Bertz CT molecular complexity index is 620. The summed E-state index contributed by atoms with van der Waals surface area (Å²) < 4.78 is 14.9. The third kappa shape index (κ3) is 8.20. The molecular weight excluding hydrogens is 410 g/mol. The summed E-state index contributed by atoms with van der Waals surface area (Å²) in [6, 6.07) is 0. The van der Waals surface area contributed by atoms with Crippen LogP contribution in [0.1, 0.15) is 6.42 Å². The van der Waals surface area contributed by atoms with E-state index >= 15 is 0 Å². The lowest BCUT2D eigenvalue weighted by atomic mass is 10.3. The number of rotatable bonds is 13. The van der Waals surface area contributed by atoms with Crippen LogP contribution >= 0.6 is 0 Å². The number of hydrogen-bond acceptors (Lipinski definition) is 12. The quantitative estimate of drug-likeness (QED) is 0.128. The predicted molar refractivity (Wildman–Crippen MR) is 110 cm³/mol. The van der Waals surface area contributed by atoms with E-state index in [1.165, 1.54) is 9.80 Å². The zero-order valence-electron chi connectivity index (χ0n) is 17.4. The first-order chi connectivity index (χ1) is 14.8. The molecule has 1 fully saturated rings. The van der Waals surface area contributed by atoms with Crippen molar-refractivity contribution in [1.82, 2.24) is 14.7 Å². The molecule has 0 aromatic heterocycles. The highest BCUT2D eigenvalue weighted by molar-refractivity contribution is 5.81. The monoisotopic (exact) mass is 441 g/mol. The molecule has 1 aliphatic rings. The van der Waals surface area contributed by atoms with Gasteiger partial charge >= 0.3 is 17.9 Å². The van der Waals surface area contributed by atoms with Crippen molar-refractivity contribution in [2.24, 2.45) is 11.5 Å². The van der Waals surface area contributed by atoms with Crippen LogP contribution in [0.2, 0.25) is 0 Å². The van der Waals surface area contributed by atoms with Crippen LogP contribution in [0.15, 0.2) is 38.0 Å². The van der Waals surface area contributed by atoms with E-state index in [-0.39, 0.29) is 32.9 Å². The highest BCUT2D eigenvalue weighted by atomic mass is 16.5. The molecule has 0 aromatic carbocycles. The molecule has 1 heterocycles.